The standard InChI is InChI=1S/C14H25N5/c1-2-4-14(5-3-1,18-10-7-15-8-11-18)6-9-19-13-16-12-17-19/h12-13,15H,1-11H2. The maximum absolute atomic E-state index is 4.25. The predicted molar refractivity (Wildman–Crippen MR) is 74.9 cm³/mol. The van der Waals surface area contributed by atoms with E-state index in [1.54, 1.807) is 6.33 Å². The van der Waals surface area contributed by atoms with Gasteiger partial charge in [0.1, 0.15) is 12.7 Å². The van der Waals surface area contributed by atoms with Crippen LogP contribution in [0.5, 0.6) is 0 Å². The van der Waals surface area contributed by atoms with E-state index in [-0.39, 0.29) is 0 Å². The topological polar surface area (TPSA) is 46.0 Å². The summed E-state index contributed by atoms with van der Waals surface area (Å²) in [4.78, 5) is 6.80. The highest BCUT2D eigenvalue weighted by molar-refractivity contribution is 4.94. The molecule has 0 spiro atoms. The van der Waals surface area contributed by atoms with Crippen LogP contribution in [0.4, 0.5) is 0 Å². The number of nitrogens with one attached hydrogen (secondary N) is 1. The molecule has 1 aromatic rings. The van der Waals surface area contributed by atoms with Crippen LogP contribution in [0.3, 0.4) is 0 Å². The van der Waals surface area contributed by atoms with Gasteiger partial charge in [-0.05, 0) is 19.3 Å². The second-order valence-corrected chi connectivity index (χ2v) is 5.93. The first-order valence-electron chi connectivity index (χ1n) is 7.67. The Kier molecular flexibility index (Phi) is 4.13. The Morgan fingerprint density at radius 3 is 2.58 bits per heavy atom. The van der Waals surface area contributed by atoms with Gasteiger partial charge in [-0.2, -0.15) is 5.10 Å². The van der Waals surface area contributed by atoms with Crippen molar-refractivity contribution in [1.82, 2.24) is 25.0 Å². The van der Waals surface area contributed by atoms with Gasteiger partial charge < -0.3 is 5.32 Å². The van der Waals surface area contributed by atoms with Gasteiger partial charge in [0, 0.05) is 38.3 Å². The van der Waals surface area contributed by atoms with Gasteiger partial charge in [-0.3, -0.25) is 9.58 Å². The van der Waals surface area contributed by atoms with Gasteiger partial charge in [-0.15, -0.1) is 0 Å². The first kappa shape index (κ1) is 13.1. The molecule has 0 amide bonds. The van der Waals surface area contributed by atoms with Crippen molar-refractivity contribution in [2.75, 3.05) is 26.2 Å². The van der Waals surface area contributed by atoms with E-state index in [2.05, 4.69) is 20.3 Å². The largest absolute Gasteiger partial charge is 0.314 e. The molecule has 3 rings (SSSR count). The van der Waals surface area contributed by atoms with Crippen molar-refractivity contribution >= 4 is 0 Å². The summed E-state index contributed by atoms with van der Waals surface area (Å²) in [5, 5.41) is 7.72. The van der Waals surface area contributed by atoms with E-state index in [0.717, 1.165) is 19.6 Å². The van der Waals surface area contributed by atoms with E-state index in [1.165, 1.54) is 51.6 Å². The summed E-state index contributed by atoms with van der Waals surface area (Å²) in [5.74, 6) is 0. The average Bonchev–Trinajstić information content (AvgIpc) is 3.01. The van der Waals surface area contributed by atoms with E-state index in [0.29, 0.717) is 5.54 Å². The maximum Gasteiger partial charge on any atom is 0.137 e. The van der Waals surface area contributed by atoms with Crippen LogP contribution in [0.2, 0.25) is 0 Å². The summed E-state index contributed by atoms with van der Waals surface area (Å²) in [5.41, 5.74) is 0.423. The summed E-state index contributed by atoms with van der Waals surface area (Å²) >= 11 is 0. The van der Waals surface area contributed by atoms with E-state index in [1.807, 2.05) is 11.0 Å². The Morgan fingerprint density at radius 2 is 1.89 bits per heavy atom. The number of aromatic nitrogens is 3. The van der Waals surface area contributed by atoms with Gasteiger partial charge >= 0.3 is 0 Å². The van der Waals surface area contributed by atoms with Crippen LogP contribution in [0, 0.1) is 0 Å². The molecular formula is C14H25N5. The lowest BCUT2D eigenvalue weighted by atomic mass is 9.77. The molecule has 1 N–H and O–H groups in total. The first-order chi connectivity index (χ1) is 9.39. The van der Waals surface area contributed by atoms with Gasteiger partial charge in [0.25, 0.3) is 0 Å². The fourth-order valence-corrected chi connectivity index (χ4v) is 3.74. The van der Waals surface area contributed by atoms with Crippen LogP contribution in [-0.2, 0) is 6.54 Å². The molecule has 2 heterocycles. The fourth-order valence-electron chi connectivity index (χ4n) is 3.74. The molecule has 106 valence electrons. The molecule has 0 unspecified atom stereocenters. The molecule has 0 radical (unpaired) electrons. The van der Waals surface area contributed by atoms with Crippen LogP contribution in [-0.4, -0.2) is 51.4 Å². The van der Waals surface area contributed by atoms with Crippen LogP contribution in [0.25, 0.3) is 0 Å². The number of hydrogen-bond acceptors (Lipinski definition) is 4. The molecular weight excluding hydrogens is 238 g/mol. The Balaban J connectivity index is 1.68. The monoisotopic (exact) mass is 263 g/mol. The van der Waals surface area contributed by atoms with E-state index < -0.39 is 0 Å². The third-order valence-corrected chi connectivity index (χ3v) is 4.84. The molecule has 1 saturated carbocycles. The van der Waals surface area contributed by atoms with Crippen LogP contribution >= 0.6 is 0 Å². The van der Waals surface area contributed by atoms with E-state index in [4.69, 9.17) is 0 Å². The zero-order valence-corrected chi connectivity index (χ0v) is 11.7. The molecule has 2 aliphatic rings. The fraction of sp³-hybridized carbons (Fsp3) is 0.857. The summed E-state index contributed by atoms with van der Waals surface area (Å²) in [6.45, 7) is 5.70. The lowest BCUT2D eigenvalue weighted by Crippen LogP contribution is -2.57. The number of piperazine rings is 1. The quantitative estimate of drug-likeness (QED) is 0.889. The zero-order chi connectivity index (χ0) is 13.0. The van der Waals surface area contributed by atoms with Crippen molar-refractivity contribution < 1.29 is 0 Å². The molecule has 0 aromatic carbocycles. The van der Waals surface area contributed by atoms with Crippen molar-refractivity contribution in [3.8, 4) is 0 Å². The molecule has 1 saturated heterocycles. The first-order valence-corrected chi connectivity index (χ1v) is 7.67. The number of aryl methyl sites for hydroxylation is 1. The van der Waals surface area contributed by atoms with Crippen molar-refractivity contribution in [3.63, 3.8) is 0 Å². The smallest absolute Gasteiger partial charge is 0.137 e. The molecule has 19 heavy (non-hydrogen) atoms. The number of rotatable bonds is 4. The summed E-state index contributed by atoms with van der Waals surface area (Å²) < 4.78 is 1.98. The van der Waals surface area contributed by atoms with Gasteiger partial charge in [0.05, 0.1) is 0 Å². The predicted octanol–water partition coefficient (Wildman–Crippen LogP) is 1.28. The van der Waals surface area contributed by atoms with Gasteiger partial charge in [0.15, 0.2) is 0 Å². The van der Waals surface area contributed by atoms with Crippen molar-refractivity contribution in [2.45, 2.75) is 50.6 Å². The normalized spacial score (nSPS) is 24.4. The average molecular weight is 263 g/mol. The zero-order valence-electron chi connectivity index (χ0n) is 11.7. The minimum absolute atomic E-state index is 0.423. The summed E-state index contributed by atoms with van der Waals surface area (Å²) in [6.07, 6.45) is 11.6. The van der Waals surface area contributed by atoms with E-state index in [9.17, 15) is 0 Å². The van der Waals surface area contributed by atoms with Crippen molar-refractivity contribution in [3.05, 3.63) is 12.7 Å². The molecule has 5 nitrogen and oxygen atoms in total. The van der Waals surface area contributed by atoms with Crippen molar-refractivity contribution in [2.24, 2.45) is 0 Å². The Bertz CT molecular complexity index is 363. The van der Waals surface area contributed by atoms with E-state index >= 15 is 0 Å². The summed E-state index contributed by atoms with van der Waals surface area (Å²) in [6, 6.07) is 0. The van der Waals surface area contributed by atoms with Crippen LogP contribution < -0.4 is 5.32 Å². The molecule has 1 aromatic heterocycles. The molecule has 0 bridgehead atoms. The molecule has 2 fully saturated rings. The molecule has 1 aliphatic carbocycles. The second-order valence-electron chi connectivity index (χ2n) is 5.93. The molecule has 0 atom stereocenters. The highest BCUT2D eigenvalue weighted by atomic mass is 15.3. The second kappa shape index (κ2) is 6.01. The van der Waals surface area contributed by atoms with Crippen LogP contribution in [0.1, 0.15) is 38.5 Å². The van der Waals surface area contributed by atoms with Crippen LogP contribution in [0.15, 0.2) is 12.7 Å². The maximum atomic E-state index is 4.25. The SMILES string of the molecule is c1ncn(CCC2(N3CCNCC3)CCCCC2)n1. The Morgan fingerprint density at radius 1 is 1.11 bits per heavy atom. The summed E-state index contributed by atoms with van der Waals surface area (Å²) in [7, 11) is 0. The lowest BCUT2D eigenvalue weighted by Gasteiger charge is -2.48. The van der Waals surface area contributed by atoms with Crippen molar-refractivity contribution in [1.29, 1.82) is 0 Å². The number of hydrogen-bond donors (Lipinski definition) is 1. The van der Waals surface area contributed by atoms with Gasteiger partial charge in [-0.25, -0.2) is 4.98 Å². The minimum Gasteiger partial charge on any atom is -0.314 e. The van der Waals surface area contributed by atoms with Gasteiger partial charge in [0.2, 0.25) is 0 Å². The lowest BCUT2D eigenvalue weighted by molar-refractivity contribution is 0.0278. The third-order valence-electron chi connectivity index (χ3n) is 4.84. The Hall–Kier alpha value is -0.940. The highest BCUT2D eigenvalue weighted by Gasteiger charge is 2.37. The Labute approximate surface area is 115 Å². The van der Waals surface area contributed by atoms with Gasteiger partial charge in [-0.1, -0.05) is 19.3 Å². The minimum atomic E-state index is 0.423. The number of nitrogens with zero attached hydrogens (tertiary/aromatic N) is 4. The highest BCUT2D eigenvalue weighted by Crippen LogP contribution is 2.37. The molecule has 1 aliphatic heterocycles. The third kappa shape index (κ3) is 2.98. The molecule has 5 heteroatoms.